The summed E-state index contributed by atoms with van der Waals surface area (Å²) in [6.45, 7) is 0. The summed E-state index contributed by atoms with van der Waals surface area (Å²) in [4.78, 5) is 4.00. The molecule has 1 aromatic rings. The molecule has 0 aliphatic carbocycles. The van der Waals surface area contributed by atoms with Crippen molar-refractivity contribution >= 4 is 26.1 Å². The lowest BCUT2D eigenvalue weighted by atomic mass is 10.5. The summed E-state index contributed by atoms with van der Waals surface area (Å²) in [7, 11) is -0.303. The van der Waals surface area contributed by atoms with Crippen LogP contribution in [0.2, 0.25) is 0 Å². The highest BCUT2D eigenvalue weighted by atomic mass is 35.5. The Hall–Kier alpha value is -0.170. The summed E-state index contributed by atoms with van der Waals surface area (Å²) < 4.78 is 4.42. The first kappa shape index (κ1) is 6.94. The Morgan fingerprint density at radius 1 is 1.56 bits per heavy atom. The zero-order chi connectivity index (χ0) is 6.53. The molecule has 0 saturated heterocycles. The van der Waals surface area contributed by atoms with Crippen LogP contribution < -0.4 is 5.44 Å². The van der Waals surface area contributed by atoms with Crippen molar-refractivity contribution in [2.24, 2.45) is 0 Å². The van der Waals surface area contributed by atoms with Gasteiger partial charge in [-0.2, -0.15) is 0 Å². The molecule has 0 spiro atoms. The maximum Gasteiger partial charge on any atom is 0.209 e. The Labute approximate surface area is 60.2 Å². The molecule has 0 saturated carbocycles. The lowest BCUT2D eigenvalue weighted by molar-refractivity contribution is 0.718. The van der Waals surface area contributed by atoms with E-state index in [2.05, 4.69) is 9.06 Å². The number of pyridine rings is 1. The summed E-state index contributed by atoms with van der Waals surface area (Å²) in [6, 6.07) is 5.65. The second-order valence-electron chi connectivity index (χ2n) is 1.46. The molecule has 1 atom stereocenters. The van der Waals surface area contributed by atoms with Crippen LogP contribution in [0.25, 0.3) is 0 Å². The van der Waals surface area contributed by atoms with Crippen LogP contribution in [-0.4, -0.2) is 4.98 Å². The molecule has 0 amide bonds. The summed E-state index contributed by atoms with van der Waals surface area (Å²) >= 11 is 5.03. The Balaban J connectivity index is 2.61. The van der Waals surface area contributed by atoms with Crippen LogP contribution in [0.15, 0.2) is 24.4 Å². The molecule has 48 valence electrons. The lowest BCUT2D eigenvalue weighted by Crippen LogP contribution is -1.96. The number of nitrogens with zero attached hydrogens (tertiary/aromatic N) is 1. The normalized spacial score (nSPS) is 10.8. The first-order valence-corrected chi connectivity index (χ1v) is 3.81. The quantitative estimate of drug-likeness (QED) is 0.610. The largest absolute Gasteiger partial charge is 0.220 e. The van der Waals surface area contributed by atoms with Crippen LogP contribution in [0.4, 0.5) is 0 Å². The standard InChI is InChI=1S/C5H5ClNOP/c6-8-9-5-3-1-2-4-7-5/h1-4,9H/p+1. The van der Waals surface area contributed by atoms with Gasteiger partial charge >= 0.3 is 0 Å². The topological polar surface area (TPSA) is 22.1 Å². The fourth-order valence-electron chi connectivity index (χ4n) is 0.491. The van der Waals surface area contributed by atoms with E-state index >= 15 is 0 Å². The van der Waals surface area contributed by atoms with E-state index in [1.807, 2.05) is 18.2 Å². The molecule has 1 heterocycles. The van der Waals surface area contributed by atoms with Crippen molar-refractivity contribution in [3.8, 4) is 0 Å². The van der Waals surface area contributed by atoms with E-state index in [9.17, 15) is 0 Å². The number of hydrogen-bond donors (Lipinski definition) is 0. The van der Waals surface area contributed by atoms with Gasteiger partial charge in [-0.3, -0.25) is 0 Å². The van der Waals surface area contributed by atoms with Gasteiger partial charge in [0.1, 0.15) is 11.9 Å². The second-order valence-corrected chi connectivity index (χ2v) is 3.00. The highest BCUT2D eigenvalue weighted by Crippen LogP contribution is 2.10. The molecule has 1 rings (SSSR count). The van der Waals surface area contributed by atoms with Crippen molar-refractivity contribution in [1.82, 2.24) is 4.98 Å². The van der Waals surface area contributed by atoms with Gasteiger partial charge in [-0.25, -0.2) is 4.98 Å². The predicted molar refractivity (Wildman–Crippen MR) is 40.5 cm³/mol. The van der Waals surface area contributed by atoms with Crippen LogP contribution in [0.5, 0.6) is 0 Å². The van der Waals surface area contributed by atoms with E-state index in [1.54, 1.807) is 6.20 Å². The third kappa shape index (κ3) is 2.27. The van der Waals surface area contributed by atoms with Crippen LogP contribution in [0.3, 0.4) is 0 Å². The molecule has 9 heavy (non-hydrogen) atoms. The Morgan fingerprint density at radius 3 is 3.00 bits per heavy atom. The van der Waals surface area contributed by atoms with E-state index < -0.39 is 0 Å². The maximum atomic E-state index is 5.03. The van der Waals surface area contributed by atoms with E-state index in [1.165, 1.54) is 0 Å². The van der Waals surface area contributed by atoms with Crippen LogP contribution in [0, 0.1) is 0 Å². The molecule has 0 aliphatic rings. The minimum atomic E-state index is -0.303. The van der Waals surface area contributed by atoms with Gasteiger partial charge in [0.05, 0.1) is 0 Å². The van der Waals surface area contributed by atoms with Crippen LogP contribution in [0.1, 0.15) is 0 Å². The smallest absolute Gasteiger partial charge is 0.209 e. The number of rotatable bonds is 2. The van der Waals surface area contributed by atoms with Crippen molar-refractivity contribution in [3.63, 3.8) is 0 Å². The SMILES string of the molecule is ClO[PH2+]c1ccccn1. The molecular formula is C5H6ClNOP+. The number of hydrogen-bond acceptors (Lipinski definition) is 2. The van der Waals surface area contributed by atoms with Gasteiger partial charge in [0.2, 0.25) is 5.44 Å². The van der Waals surface area contributed by atoms with Crippen molar-refractivity contribution in [2.45, 2.75) is 0 Å². The molecule has 2 nitrogen and oxygen atoms in total. The minimum absolute atomic E-state index is 0.303. The van der Waals surface area contributed by atoms with Crippen molar-refractivity contribution in [3.05, 3.63) is 24.4 Å². The van der Waals surface area contributed by atoms with Gasteiger partial charge in [0.25, 0.3) is 0 Å². The van der Waals surface area contributed by atoms with Gasteiger partial charge in [0.15, 0.2) is 8.81 Å². The molecule has 1 aromatic heterocycles. The van der Waals surface area contributed by atoms with Gasteiger partial charge in [-0.15, -0.1) is 4.08 Å². The first-order chi connectivity index (χ1) is 4.43. The first-order valence-electron chi connectivity index (χ1n) is 2.45. The summed E-state index contributed by atoms with van der Waals surface area (Å²) in [5.74, 6) is 0. The van der Waals surface area contributed by atoms with Crippen molar-refractivity contribution in [1.29, 1.82) is 0 Å². The number of halogens is 1. The van der Waals surface area contributed by atoms with Gasteiger partial charge in [0, 0.05) is 12.3 Å². The zero-order valence-corrected chi connectivity index (χ0v) is 6.53. The highest BCUT2D eigenvalue weighted by Gasteiger charge is 1.97. The molecule has 0 radical (unpaired) electrons. The van der Waals surface area contributed by atoms with Crippen LogP contribution >= 0.6 is 20.7 Å². The Kier molecular flexibility index (Phi) is 2.92. The van der Waals surface area contributed by atoms with Crippen LogP contribution in [-0.2, 0) is 4.08 Å². The van der Waals surface area contributed by atoms with Crippen molar-refractivity contribution < 1.29 is 4.08 Å². The summed E-state index contributed by atoms with van der Waals surface area (Å²) in [5, 5.41) is 0. The number of aromatic nitrogens is 1. The van der Waals surface area contributed by atoms with Gasteiger partial charge in [-0.1, -0.05) is 6.07 Å². The molecule has 1 unspecified atom stereocenters. The van der Waals surface area contributed by atoms with Crippen molar-refractivity contribution in [2.75, 3.05) is 0 Å². The maximum absolute atomic E-state index is 5.03. The monoisotopic (exact) mass is 162 g/mol. The summed E-state index contributed by atoms with van der Waals surface area (Å²) in [6.07, 6.45) is 1.72. The predicted octanol–water partition coefficient (Wildman–Crippen LogP) is 1.20. The third-order valence-electron chi connectivity index (χ3n) is 0.853. The average Bonchev–Trinajstić information content (AvgIpc) is 1.91. The molecular weight excluding hydrogens is 156 g/mol. The Bertz CT molecular complexity index is 170. The minimum Gasteiger partial charge on any atom is -0.220 e. The second kappa shape index (κ2) is 3.78. The fraction of sp³-hybridized carbons (Fsp3) is 0. The zero-order valence-electron chi connectivity index (χ0n) is 4.62. The van der Waals surface area contributed by atoms with Gasteiger partial charge < -0.3 is 0 Å². The Morgan fingerprint density at radius 2 is 2.44 bits per heavy atom. The molecule has 0 aromatic carbocycles. The van der Waals surface area contributed by atoms with E-state index in [4.69, 9.17) is 11.9 Å². The van der Waals surface area contributed by atoms with Gasteiger partial charge in [-0.05, 0) is 6.07 Å². The molecule has 4 heteroatoms. The summed E-state index contributed by atoms with van der Waals surface area (Å²) in [5.41, 5.74) is 0.924. The van der Waals surface area contributed by atoms with E-state index in [-0.39, 0.29) is 8.81 Å². The average molecular weight is 163 g/mol. The molecule has 0 N–H and O–H groups in total. The fourth-order valence-corrected chi connectivity index (χ4v) is 1.19. The molecule has 0 aliphatic heterocycles. The highest BCUT2D eigenvalue weighted by molar-refractivity contribution is 7.42. The molecule has 0 fully saturated rings. The van der Waals surface area contributed by atoms with E-state index in [0.29, 0.717) is 0 Å². The third-order valence-corrected chi connectivity index (χ3v) is 1.79. The molecule has 0 bridgehead atoms. The lowest BCUT2D eigenvalue weighted by Gasteiger charge is -1.84. The van der Waals surface area contributed by atoms with E-state index in [0.717, 1.165) is 5.44 Å².